The lowest BCUT2D eigenvalue weighted by molar-refractivity contribution is 0.194. The predicted molar refractivity (Wildman–Crippen MR) is 83.2 cm³/mol. The molecule has 3 heterocycles. The van der Waals surface area contributed by atoms with E-state index in [1.807, 2.05) is 12.3 Å². The summed E-state index contributed by atoms with van der Waals surface area (Å²) in [4.78, 5) is 9.30. The Morgan fingerprint density at radius 1 is 1.50 bits per heavy atom. The molecule has 5 heteroatoms. The van der Waals surface area contributed by atoms with Gasteiger partial charge in [-0.25, -0.2) is 9.97 Å². The highest BCUT2D eigenvalue weighted by molar-refractivity contribution is 7.99. The van der Waals surface area contributed by atoms with Gasteiger partial charge < -0.3 is 9.30 Å². The van der Waals surface area contributed by atoms with Crippen molar-refractivity contribution in [2.24, 2.45) is 5.92 Å². The highest BCUT2D eigenvalue weighted by Gasteiger charge is 2.19. The Balaban J connectivity index is 1.86. The summed E-state index contributed by atoms with van der Waals surface area (Å²) in [7, 11) is 1.75. The Kier molecular flexibility index (Phi) is 4.58. The van der Waals surface area contributed by atoms with Crippen LogP contribution in [0.5, 0.6) is 0 Å². The van der Waals surface area contributed by atoms with Gasteiger partial charge in [0.25, 0.3) is 0 Å². The number of hydrogen-bond acceptors (Lipinski definition) is 4. The smallest absolute Gasteiger partial charge is 0.159 e. The lowest BCUT2D eigenvalue weighted by Crippen LogP contribution is -2.13. The molecule has 1 saturated heterocycles. The van der Waals surface area contributed by atoms with Crippen LogP contribution in [0.1, 0.15) is 18.7 Å². The number of nitrogens with zero attached hydrogens (tertiary/aromatic N) is 3. The molecule has 1 fully saturated rings. The highest BCUT2D eigenvalue weighted by atomic mass is 32.2. The minimum absolute atomic E-state index is 0.764. The highest BCUT2D eigenvalue weighted by Crippen LogP contribution is 2.27. The molecule has 0 radical (unpaired) electrons. The molecule has 0 aromatic carbocycles. The van der Waals surface area contributed by atoms with Crippen molar-refractivity contribution >= 4 is 22.9 Å². The van der Waals surface area contributed by atoms with Gasteiger partial charge in [-0.3, -0.25) is 0 Å². The Bertz CT molecular complexity index is 563. The van der Waals surface area contributed by atoms with E-state index in [9.17, 15) is 0 Å². The Hall–Kier alpha value is -1.07. The minimum Gasteiger partial charge on any atom is -0.385 e. The molecule has 2 aromatic rings. The van der Waals surface area contributed by atoms with Gasteiger partial charge in [-0.2, -0.15) is 11.8 Å². The molecule has 4 nitrogen and oxygen atoms in total. The summed E-state index contributed by atoms with van der Waals surface area (Å²) in [6.45, 7) is 1.85. The maximum absolute atomic E-state index is 5.15. The molecule has 108 valence electrons. The first-order valence-corrected chi connectivity index (χ1v) is 8.41. The van der Waals surface area contributed by atoms with Gasteiger partial charge in [0.1, 0.15) is 11.3 Å². The number of ether oxygens (including phenoxy) is 1. The average Bonchev–Trinajstić information content (AvgIpc) is 3.09. The Labute approximate surface area is 123 Å². The number of hydrogen-bond donors (Lipinski definition) is 0. The molecule has 2 aromatic heterocycles. The quantitative estimate of drug-likeness (QED) is 0.767. The van der Waals surface area contributed by atoms with Crippen LogP contribution in [-0.4, -0.2) is 39.8 Å². The number of fused-ring (bicyclic) bond motifs is 1. The SMILES string of the molecule is COCCCc1nc2cccnc2n1CC1CCSC1. The zero-order valence-corrected chi connectivity index (χ0v) is 12.7. The van der Waals surface area contributed by atoms with Crippen LogP contribution in [-0.2, 0) is 17.7 Å². The third-order valence-electron chi connectivity index (χ3n) is 3.80. The number of rotatable bonds is 6. The van der Waals surface area contributed by atoms with Crippen molar-refractivity contribution in [2.45, 2.75) is 25.8 Å². The molecule has 1 aliphatic heterocycles. The molecule has 0 amide bonds. The fourth-order valence-electron chi connectivity index (χ4n) is 2.75. The predicted octanol–water partition coefficient (Wildman–Crippen LogP) is 2.76. The summed E-state index contributed by atoms with van der Waals surface area (Å²) in [6.07, 6.45) is 5.15. The number of pyridine rings is 1. The number of thioether (sulfide) groups is 1. The van der Waals surface area contributed by atoms with Gasteiger partial charge in [0.2, 0.25) is 0 Å². The standard InChI is InChI=1S/C15H21N3OS/c1-19-8-3-5-14-17-13-4-2-7-16-15(13)18(14)10-12-6-9-20-11-12/h2,4,7,12H,3,5-6,8-11H2,1H3. The van der Waals surface area contributed by atoms with Crippen LogP contribution < -0.4 is 0 Å². The fraction of sp³-hybridized carbons (Fsp3) is 0.600. The number of imidazole rings is 1. The van der Waals surface area contributed by atoms with Crippen molar-refractivity contribution in [3.05, 3.63) is 24.2 Å². The molecule has 1 atom stereocenters. The first-order valence-electron chi connectivity index (χ1n) is 7.25. The molecule has 1 unspecified atom stereocenters. The van der Waals surface area contributed by atoms with Gasteiger partial charge in [0, 0.05) is 32.9 Å². The molecule has 0 saturated carbocycles. The summed E-state index contributed by atoms with van der Waals surface area (Å²) >= 11 is 2.06. The van der Waals surface area contributed by atoms with E-state index >= 15 is 0 Å². The van der Waals surface area contributed by atoms with Crippen molar-refractivity contribution in [2.75, 3.05) is 25.2 Å². The number of aromatic nitrogens is 3. The zero-order valence-electron chi connectivity index (χ0n) is 11.9. The minimum atomic E-state index is 0.764. The van der Waals surface area contributed by atoms with E-state index in [0.717, 1.165) is 48.9 Å². The summed E-state index contributed by atoms with van der Waals surface area (Å²) in [6, 6.07) is 4.02. The fourth-order valence-corrected chi connectivity index (χ4v) is 4.02. The van der Waals surface area contributed by atoms with Gasteiger partial charge in [0.05, 0.1) is 0 Å². The van der Waals surface area contributed by atoms with Crippen LogP contribution in [0.3, 0.4) is 0 Å². The van der Waals surface area contributed by atoms with Crippen molar-refractivity contribution in [3.63, 3.8) is 0 Å². The molecule has 3 rings (SSSR count). The monoisotopic (exact) mass is 291 g/mol. The second-order valence-corrected chi connectivity index (χ2v) is 6.46. The molecular formula is C15H21N3OS. The summed E-state index contributed by atoms with van der Waals surface area (Å²) < 4.78 is 7.49. The molecular weight excluding hydrogens is 270 g/mol. The number of aryl methyl sites for hydroxylation is 1. The van der Waals surface area contributed by atoms with E-state index in [-0.39, 0.29) is 0 Å². The van der Waals surface area contributed by atoms with Crippen molar-refractivity contribution < 1.29 is 4.74 Å². The summed E-state index contributed by atoms with van der Waals surface area (Å²) in [5.74, 6) is 4.49. The van der Waals surface area contributed by atoms with Gasteiger partial charge >= 0.3 is 0 Å². The second kappa shape index (κ2) is 6.59. The second-order valence-electron chi connectivity index (χ2n) is 5.31. The zero-order chi connectivity index (χ0) is 13.8. The van der Waals surface area contributed by atoms with E-state index in [2.05, 4.69) is 27.4 Å². The maximum Gasteiger partial charge on any atom is 0.159 e. The van der Waals surface area contributed by atoms with Crippen LogP contribution in [0.15, 0.2) is 18.3 Å². The van der Waals surface area contributed by atoms with E-state index in [1.54, 1.807) is 7.11 Å². The van der Waals surface area contributed by atoms with Crippen molar-refractivity contribution in [1.82, 2.24) is 14.5 Å². The topological polar surface area (TPSA) is 39.9 Å². The average molecular weight is 291 g/mol. The molecule has 0 bridgehead atoms. The molecule has 20 heavy (non-hydrogen) atoms. The van der Waals surface area contributed by atoms with Gasteiger partial charge in [-0.15, -0.1) is 0 Å². The normalized spacial score (nSPS) is 18.9. The number of methoxy groups -OCH3 is 1. The maximum atomic E-state index is 5.15. The van der Waals surface area contributed by atoms with Crippen LogP contribution in [0, 0.1) is 5.92 Å². The van der Waals surface area contributed by atoms with E-state index < -0.39 is 0 Å². The third kappa shape index (κ3) is 2.99. The van der Waals surface area contributed by atoms with E-state index in [4.69, 9.17) is 9.72 Å². The van der Waals surface area contributed by atoms with Crippen LogP contribution in [0.4, 0.5) is 0 Å². The lowest BCUT2D eigenvalue weighted by atomic mass is 10.1. The van der Waals surface area contributed by atoms with Gasteiger partial charge in [-0.05, 0) is 42.4 Å². The Morgan fingerprint density at radius 3 is 3.25 bits per heavy atom. The Morgan fingerprint density at radius 2 is 2.45 bits per heavy atom. The summed E-state index contributed by atoms with van der Waals surface area (Å²) in [5, 5.41) is 0. The molecule has 0 N–H and O–H groups in total. The summed E-state index contributed by atoms with van der Waals surface area (Å²) in [5.41, 5.74) is 2.06. The van der Waals surface area contributed by atoms with Crippen LogP contribution in [0.25, 0.3) is 11.2 Å². The first-order chi connectivity index (χ1) is 9.88. The van der Waals surface area contributed by atoms with Gasteiger partial charge in [-0.1, -0.05) is 0 Å². The molecule has 0 aliphatic carbocycles. The van der Waals surface area contributed by atoms with Crippen LogP contribution in [0.2, 0.25) is 0 Å². The first kappa shape index (κ1) is 13.9. The van der Waals surface area contributed by atoms with Crippen molar-refractivity contribution in [3.8, 4) is 0 Å². The lowest BCUT2D eigenvalue weighted by Gasteiger charge is -2.13. The van der Waals surface area contributed by atoms with E-state index in [0.29, 0.717) is 0 Å². The van der Waals surface area contributed by atoms with Crippen molar-refractivity contribution in [1.29, 1.82) is 0 Å². The van der Waals surface area contributed by atoms with Gasteiger partial charge in [0.15, 0.2) is 5.65 Å². The van der Waals surface area contributed by atoms with Crippen LogP contribution >= 0.6 is 11.8 Å². The molecule has 1 aliphatic rings. The van der Waals surface area contributed by atoms with E-state index in [1.165, 1.54) is 17.9 Å². The largest absolute Gasteiger partial charge is 0.385 e. The molecule has 0 spiro atoms. The third-order valence-corrected chi connectivity index (χ3v) is 5.03.